The number of benzene rings is 2. The van der Waals surface area contributed by atoms with Crippen LogP contribution in [0.5, 0.6) is 0 Å². The Balaban J connectivity index is 1.54. The van der Waals surface area contributed by atoms with Crippen LogP contribution in [0.2, 0.25) is 0 Å². The zero-order valence-corrected chi connectivity index (χ0v) is 28.7. The summed E-state index contributed by atoms with van der Waals surface area (Å²) in [6.07, 6.45) is -4.48. The van der Waals surface area contributed by atoms with Gasteiger partial charge >= 0.3 is 12.1 Å². The van der Waals surface area contributed by atoms with Gasteiger partial charge in [0.25, 0.3) is 0 Å². The molecule has 266 valence electrons. The minimum atomic E-state index is -5.12. The van der Waals surface area contributed by atoms with Gasteiger partial charge in [-0.1, -0.05) is 25.1 Å². The van der Waals surface area contributed by atoms with E-state index >= 15 is 4.39 Å². The second-order valence-electron chi connectivity index (χ2n) is 14.2. The normalized spacial score (nSPS) is 21.0. The number of piperidine rings is 1. The molecule has 0 aromatic heterocycles. The quantitative estimate of drug-likeness (QED) is 0.167. The summed E-state index contributed by atoms with van der Waals surface area (Å²) >= 11 is 0. The molecule has 7 nitrogen and oxygen atoms in total. The molecule has 4 rings (SSSR count). The van der Waals surface area contributed by atoms with Crippen molar-refractivity contribution < 1.29 is 36.3 Å². The van der Waals surface area contributed by atoms with Gasteiger partial charge in [0.1, 0.15) is 11.6 Å². The molecular formula is C36H49F5N4O3. The van der Waals surface area contributed by atoms with E-state index in [0.29, 0.717) is 51.0 Å². The predicted molar refractivity (Wildman–Crippen MR) is 174 cm³/mol. The summed E-state index contributed by atoms with van der Waals surface area (Å²) in [5, 5.41) is 3.11. The summed E-state index contributed by atoms with van der Waals surface area (Å²) in [6.45, 7) is 14.0. The third-order valence-corrected chi connectivity index (χ3v) is 9.97. The molecule has 3 N–H and O–H groups in total. The Morgan fingerprint density at radius 3 is 2.21 bits per heavy atom. The van der Waals surface area contributed by atoms with Gasteiger partial charge in [-0.3, -0.25) is 15.0 Å². The second kappa shape index (κ2) is 15.2. The molecule has 0 aliphatic carbocycles. The SMILES string of the molecule is CCC(NC(CCN)OC(=O)C(F)(F)F)c1cc(C)c(C)cc1C1CCN(C(=O)[C@@H]2CN(C(C)(C)C)C[C@H]2c2ccc(F)cc2F)CC1. The first-order chi connectivity index (χ1) is 22.4. The van der Waals surface area contributed by atoms with Gasteiger partial charge < -0.3 is 15.4 Å². The van der Waals surface area contributed by atoms with Crippen LogP contribution in [0.15, 0.2) is 30.3 Å². The van der Waals surface area contributed by atoms with Crippen molar-refractivity contribution in [3.8, 4) is 0 Å². The molecule has 2 fully saturated rings. The first-order valence-electron chi connectivity index (χ1n) is 16.8. The minimum Gasteiger partial charge on any atom is -0.440 e. The Kier molecular flexibility index (Phi) is 12.0. The number of hydrogen-bond acceptors (Lipinski definition) is 6. The van der Waals surface area contributed by atoms with Crippen molar-refractivity contribution in [3.05, 3.63) is 69.8 Å². The van der Waals surface area contributed by atoms with Crippen LogP contribution in [-0.2, 0) is 14.3 Å². The number of carbonyl (C=O) groups excluding carboxylic acids is 2. The van der Waals surface area contributed by atoms with Crippen molar-refractivity contribution in [2.75, 3.05) is 32.7 Å². The highest BCUT2D eigenvalue weighted by Crippen LogP contribution is 2.41. The molecule has 2 aliphatic rings. The van der Waals surface area contributed by atoms with Crippen molar-refractivity contribution >= 4 is 11.9 Å². The Hall–Kier alpha value is -3.09. The number of ether oxygens (including phenoxy) is 1. The largest absolute Gasteiger partial charge is 0.490 e. The number of aryl methyl sites for hydroxylation is 2. The van der Waals surface area contributed by atoms with Crippen LogP contribution in [0, 0.1) is 31.4 Å². The van der Waals surface area contributed by atoms with E-state index in [2.05, 4.69) is 37.1 Å². The average Bonchev–Trinajstić information content (AvgIpc) is 3.46. The van der Waals surface area contributed by atoms with Crippen LogP contribution in [0.3, 0.4) is 0 Å². The maximum atomic E-state index is 15.0. The van der Waals surface area contributed by atoms with Crippen molar-refractivity contribution in [2.24, 2.45) is 11.7 Å². The molecule has 2 aromatic rings. The molecule has 2 aliphatic heterocycles. The summed E-state index contributed by atoms with van der Waals surface area (Å²) < 4.78 is 72.5. The number of rotatable bonds is 10. The van der Waals surface area contributed by atoms with Crippen molar-refractivity contribution in [1.29, 1.82) is 0 Å². The summed E-state index contributed by atoms with van der Waals surface area (Å²) in [6, 6.07) is 7.31. The Morgan fingerprint density at radius 1 is 1.00 bits per heavy atom. The molecule has 0 spiro atoms. The van der Waals surface area contributed by atoms with Crippen LogP contribution in [-0.4, -0.2) is 72.3 Å². The third-order valence-electron chi connectivity index (χ3n) is 9.97. The van der Waals surface area contributed by atoms with Crippen LogP contribution in [0.4, 0.5) is 22.0 Å². The highest BCUT2D eigenvalue weighted by atomic mass is 19.4. The van der Waals surface area contributed by atoms with E-state index in [1.165, 1.54) is 12.1 Å². The highest BCUT2D eigenvalue weighted by molar-refractivity contribution is 5.81. The van der Waals surface area contributed by atoms with Gasteiger partial charge in [0.2, 0.25) is 5.91 Å². The molecule has 0 bridgehead atoms. The smallest absolute Gasteiger partial charge is 0.440 e. The molecule has 4 atom stereocenters. The monoisotopic (exact) mass is 680 g/mol. The lowest BCUT2D eigenvalue weighted by atomic mass is 9.81. The first kappa shape index (κ1) is 37.7. The fourth-order valence-corrected chi connectivity index (χ4v) is 7.06. The zero-order valence-electron chi connectivity index (χ0n) is 28.7. The van der Waals surface area contributed by atoms with Crippen molar-refractivity contribution in [1.82, 2.24) is 15.1 Å². The van der Waals surface area contributed by atoms with E-state index in [-0.39, 0.29) is 30.3 Å². The van der Waals surface area contributed by atoms with Crippen molar-refractivity contribution in [3.63, 3.8) is 0 Å². The van der Waals surface area contributed by atoms with E-state index in [0.717, 1.165) is 28.3 Å². The highest BCUT2D eigenvalue weighted by Gasteiger charge is 2.45. The minimum absolute atomic E-state index is 0.00955. The maximum absolute atomic E-state index is 15.0. The standard InChI is InChI=1S/C36H49F5N4O3/c1-7-31(43-32(10-13-42)48-34(47)36(39,40)41)27-17-22(3)21(2)16-26(27)23-11-14-44(15-12-23)33(46)29-20-45(35(4,5)6)19-28(29)25-9-8-24(37)18-30(25)38/h8-9,16-18,23,28-29,31-32,43H,7,10-15,19-20,42H2,1-6H3/t28-,29+,31?,32?/m0/s1. The number of hydrogen-bond donors (Lipinski definition) is 2. The van der Waals surface area contributed by atoms with E-state index in [9.17, 15) is 27.2 Å². The lowest BCUT2D eigenvalue weighted by molar-refractivity contribution is -0.206. The molecule has 2 saturated heterocycles. The number of likely N-dealkylation sites (tertiary alicyclic amines) is 2. The first-order valence-corrected chi connectivity index (χ1v) is 16.8. The number of nitrogens with one attached hydrogen (secondary N) is 1. The topological polar surface area (TPSA) is 87.9 Å². The van der Waals surface area contributed by atoms with Gasteiger partial charge in [-0.25, -0.2) is 13.6 Å². The van der Waals surface area contributed by atoms with E-state index in [1.54, 1.807) is 0 Å². The van der Waals surface area contributed by atoms with Gasteiger partial charge in [-0.15, -0.1) is 0 Å². The van der Waals surface area contributed by atoms with Gasteiger partial charge in [0, 0.05) is 56.2 Å². The number of carbonyl (C=O) groups is 2. The lowest BCUT2D eigenvalue weighted by Crippen LogP contribution is -2.44. The van der Waals surface area contributed by atoms with Gasteiger partial charge in [0.15, 0.2) is 6.23 Å². The number of nitrogens with two attached hydrogens (primary N) is 1. The molecular weight excluding hydrogens is 631 g/mol. The van der Waals surface area contributed by atoms with Crippen LogP contribution >= 0.6 is 0 Å². The average molecular weight is 681 g/mol. The Morgan fingerprint density at radius 2 is 1.65 bits per heavy atom. The Bertz CT molecular complexity index is 1450. The molecule has 0 saturated carbocycles. The molecule has 2 unspecified atom stereocenters. The summed E-state index contributed by atoms with van der Waals surface area (Å²) in [4.78, 5) is 29.8. The van der Waals surface area contributed by atoms with Gasteiger partial charge in [-0.05, 0) is 100 Å². The molecule has 48 heavy (non-hydrogen) atoms. The second-order valence-corrected chi connectivity index (χ2v) is 14.2. The zero-order chi connectivity index (χ0) is 35.6. The fraction of sp³-hybridized carbons (Fsp3) is 0.611. The van der Waals surface area contributed by atoms with E-state index < -0.39 is 47.9 Å². The van der Waals surface area contributed by atoms with Crippen LogP contribution in [0.1, 0.15) is 99.1 Å². The number of halogens is 5. The van der Waals surface area contributed by atoms with E-state index in [1.807, 2.05) is 31.7 Å². The fourth-order valence-electron chi connectivity index (χ4n) is 7.06. The van der Waals surface area contributed by atoms with Crippen molar-refractivity contribution in [2.45, 2.75) is 103 Å². The molecule has 1 amide bonds. The number of alkyl halides is 3. The summed E-state index contributed by atoms with van der Waals surface area (Å²) in [7, 11) is 0. The van der Waals surface area contributed by atoms with Gasteiger partial charge in [-0.2, -0.15) is 13.2 Å². The lowest BCUT2D eigenvalue weighted by Gasteiger charge is -2.37. The molecule has 2 aromatic carbocycles. The molecule has 12 heteroatoms. The number of amides is 1. The number of nitrogens with zero attached hydrogens (tertiary/aromatic N) is 2. The predicted octanol–water partition coefficient (Wildman–Crippen LogP) is 6.62. The summed E-state index contributed by atoms with van der Waals surface area (Å²) in [5.41, 5.74) is 9.81. The summed E-state index contributed by atoms with van der Waals surface area (Å²) in [5.74, 6) is -4.43. The molecule has 2 heterocycles. The third kappa shape index (κ3) is 8.73. The van der Waals surface area contributed by atoms with Crippen LogP contribution < -0.4 is 11.1 Å². The Labute approximate surface area is 280 Å². The van der Waals surface area contributed by atoms with Gasteiger partial charge in [0.05, 0.1) is 5.92 Å². The maximum Gasteiger partial charge on any atom is 0.490 e. The number of esters is 1. The van der Waals surface area contributed by atoms with E-state index in [4.69, 9.17) is 10.5 Å². The molecule has 0 radical (unpaired) electrons. The van der Waals surface area contributed by atoms with Crippen LogP contribution in [0.25, 0.3) is 0 Å².